The van der Waals surface area contributed by atoms with E-state index < -0.39 is 42.4 Å². The van der Waals surface area contributed by atoms with Crippen LogP contribution in [-0.4, -0.2) is 53.2 Å². The monoisotopic (exact) mass is 435 g/mol. The highest BCUT2D eigenvalue weighted by molar-refractivity contribution is 6.22. The summed E-state index contributed by atoms with van der Waals surface area (Å²) >= 11 is 0. The van der Waals surface area contributed by atoms with Gasteiger partial charge in [-0.25, -0.2) is 4.79 Å². The van der Waals surface area contributed by atoms with E-state index in [0.29, 0.717) is 11.4 Å². The van der Waals surface area contributed by atoms with Crippen molar-refractivity contribution in [3.63, 3.8) is 0 Å². The molecule has 0 fully saturated rings. The number of carbonyl (C=O) groups excluding carboxylic acids is 5. The molecule has 9 nitrogen and oxygen atoms in total. The van der Waals surface area contributed by atoms with E-state index in [2.05, 4.69) is 5.32 Å². The van der Waals surface area contributed by atoms with Crippen molar-refractivity contribution in [1.82, 2.24) is 4.90 Å². The third kappa shape index (κ3) is 3.62. The van der Waals surface area contributed by atoms with E-state index in [9.17, 15) is 24.0 Å². The fraction of sp³-hybridized carbons (Fsp3) is 0.261. The van der Waals surface area contributed by atoms with Gasteiger partial charge >= 0.3 is 5.97 Å². The van der Waals surface area contributed by atoms with Gasteiger partial charge < -0.3 is 15.0 Å². The lowest BCUT2D eigenvalue weighted by atomic mass is 10.1. The SMILES string of the molecule is C[C@H](C(=O)OCC(=O)N1c2ccccc2NC(=O)C[C@@H]1C)N1C(=O)c2ccccc2C1=O. The number of amides is 4. The molecule has 2 aromatic rings. The Hall–Kier alpha value is -4.01. The van der Waals surface area contributed by atoms with Crippen LogP contribution in [0.1, 0.15) is 41.0 Å². The van der Waals surface area contributed by atoms with E-state index in [1.165, 1.54) is 24.0 Å². The first kappa shape index (κ1) is 21.2. The van der Waals surface area contributed by atoms with Crippen LogP contribution in [-0.2, 0) is 19.1 Å². The van der Waals surface area contributed by atoms with Gasteiger partial charge in [-0.1, -0.05) is 24.3 Å². The van der Waals surface area contributed by atoms with E-state index in [4.69, 9.17) is 4.74 Å². The molecule has 0 saturated carbocycles. The molecule has 0 aliphatic carbocycles. The third-order valence-corrected chi connectivity index (χ3v) is 5.52. The first-order valence-electron chi connectivity index (χ1n) is 10.1. The highest BCUT2D eigenvalue weighted by Crippen LogP contribution is 2.31. The topological polar surface area (TPSA) is 113 Å². The molecule has 2 aliphatic rings. The van der Waals surface area contributed by atoms with Gasteiger partial charge in [-0.15, -0.1) is 0 Å². The summed E-state index contributed by atoms with van der Waals surface area (Å²) < 4.78 is 5.18. The Bertz CT molecular complexity index is 1110. The molecule has 2 atom stereocenters. The minimum atomic E-state index is -1.20. The second-order valence-electron chi connectivity index (χ2n) is 7.69. The highest BCUT2D eigenvalue weighted by Gasteiger charge is 2.41. The predicted octanol–water partition coefficient (Wildman–Crippen LogP) is 1.98. The molecule has 2 aliphatic heterocycles. The average Bonchev–Trinajstić information content (AvgIpc) is 2.94. The Morgan fingerprint density at radius 3 is 2.28 bits per heavy atom. The van der Waals surface area contributed by atoms with Crippen molar-refractivity contribution in [2.24, 2.45) is 0 Å². The molecule has 0 bridgehead atoms. The van der Waals surface area contributed by atoms with Crippen LogP contribution in [0.4, 0.5) is 11.4 Å². The van der Waals surface area contributed by atoms with Crippen LogP contribution in [0.25, 0.3) is 0 Å². The molecule has 0 spiro atoms. The zero-order valence-electron chi connectivity index (χ0n) is 17.5. The summed E-state index contributed by atoms with van der Waals surface area (Å²) in [6.45, 7) is 2.50. The van der Waals surface area contributed by atoms with Crippen LogP contribution >= 0.6 is 0 Å². The summed E-state index contributed by atoms with van der Waals surface area (Å²) in [6, 6.07) is 11.5. The number of esters is 1. The number of hydrogen-bond acceptors (Lipinski definition) is 6. The van der Waals surface area contributed by atoms with Crippen molar-refractivity contribution in [3.8, 4) is 0 Å². The summed E-state index contributed by atoms with van der Waals surface area (Å²) in [7, 11) is 0. The van der Waals surface area contributed by atoms with E-state index in [1.54, 1.807) is 43.3 Å². The Morgan fingerprint density at radius 1 is 1.03 bits per heavy atom. The van der Waals surface area contributed by atoms with E-state index in [1.807, 2.05) is 0 Å². The summed E-state index contributed by atoms with van der Waals surface area (Å²) in [4.78, 5) is 65.0. The van der Waals surface area contributed by atoms with Crippen LogP contribution in [0, 0.1) is 0 Å². The average molecular weight is 435 g/mol. The van der Waals surface area contributed by atoms with Gasteiger partial charge in [0.1, 0.15) is 6.04 Å². The molecule has 1 N–H and O–H groups in total. The van der Waals surface area contributed by atoms with Gasteiger partial charge in [0.15, 0.2) is 6.61 Å². The molecule has 0 aromatic heterocycles. The fourth-order valence-corrected chi connectivity index (χ4v) is 3.96. The van der Waals surface area contributed by atoms with Crippen LogP contribution in [0.3, 0.4) is 0 Å². The van der Waals surface area contributed by atoms with Crippen LogP contribution in [0.5, 0.6) is 0 Å². The first-order chi connectivity index (χ1) is 15.3. The van der Waals surface area contributed by atoms with Crippen molar-refractivity contribution >= 4 is 41.0 Å². The minimum Gasteiger partial charge on any atom is -0.454 e. The van der Waals surface area contributed by atoms with Gasteiger partial charge in [0, 0.05) is 12.5 Å². The molecular formula is C23H21N3O6. The smallest absolute Gasteiger partial charge is 0.329 e. The molecule has 0 saturated heterocycles. The summed E-state index contributed by atoms with van der Waals surface area (Å²) in [5.41, 5.74) is 1.43. The third-order valence-electron chi connectivity index (χ3n) is 5.52. The van der Waals surface area contributed by atoms with Gasteiger partial charge in [-0.2, -0.15) is 0 Å². The van der Waals surface area contributed by atoms with Crippen LogP contribution in [0.2, 0.25) is 0 Å². The normalized spacial score (nSPS) is 18.4. The Kier molecular flexibility index (Phi) is 5.48. The van der Waals surface area contributed by atoms with Crippen molar-refractivity contribution in [2.75, 3.05) is 16.8 Å². The zero-order chi connectivity index (χ0) is 23.0. The first-order valence-corrected chi connectivity index (χ1v) is 10.1. The molecule has 4 rings (SSSR count). The molecule has 2 heterocycles. The lowest BCUT2D eigenvalue weighted by Gasteiger charge is -2.28. The number of para-hydroxylation sites is 2. The largest absolute Gasteiger partial charge is 0.454 e. The molecule has 0 radical (unpaired) electrons. The predicted molar refractivity (Wildman–Crippen MR) is 114 cm³/mol. The molecule has 4 amide bonds. The quantitative estimate of drug-likeness (QED) is 0.580. The maximum atomic E-state index is 12.9. The molecule has 9 heteroatoms. The number of fused-ring (bicyclic) bond motifs is 2. The van der Waals surface area contributed by atoms with Crippen molar-refractivity contribution in [1.29, 1.82) is 0 Å². The number of imide groups is 1. The van der Waals surface area contributed by atoms with Crippen LogP contribution < -0.4 is 10.2 Å². The highest BCUT2D eigenvalue weighted by atomic mass is 16.5. The molecule has 32 heavy (non-hydrogen) atoms. The number of carbonyl (C=O) groups is 5. The molecular weight excluding hydrogens is 414 g/mol. The number of nitrogens with zero attached hydrogens (tertiary/aromatic N) is 2. The molecule has 164 valence electrons. The number of nitrogens with one attached hydrogen (secondary N) is 1. The van der Waals surface area contributed by atoms with E-state index >= 15 is 0 Å². The maximum Gasteiger partial charge on any atom is 0.329 e. The maximum absolute atomic E-state index is 12.9. The zero-order valence-corrected chi connectivity index (χ0v) is 17.5. The lowest BCUT2D eigenvalue weighted by Crippen LogP contribution is -2.46. The van der Waals surface area contributed by atoms with E-state index in [0.717, 1.165) is 4.90 Å². The Labute approximate surface area is 183 Å². The second-order valence-corrected chi connectivity index (χ2v) is 7.69. The molecule has 0 unspecified atom stereocenters. The summed E-state index contributed by atoms with van der Waals surface area (Å²) in [5, 5.41) is 2.75. The van der Waals surface area contributed by atoms with Crippen LogP contribution in [0.15, 0.2) is 48.5 Å². The van der Waals surface area contributed by atoms with Gasteiger partial charge in [-0.05, 0) is 38.1 Å². The van der Waals surface area contributed by atoms with Crippen molar-refractivity contribution in [3.05, 3.63) is 59.7 Å². The van der Waals surface area contributed by atoms with Crippen molar-refractivity contribution in [2.45, 2.75) is 32.4 Å². The van der Waals surface area contributed by atoms with E-state index in [-0.39, 0.29) is 23.5 Å². The summed E-state index contributed by atoms with van der Waals surface area (Å²) in [5.74, 6) is -2.79. The standard InChI is InChI=1S/C23H21N3O6/c1-13-11-19(27)24-17-9-5-6-10-18(17)25(13)20(28)12-32-23(31)14(2)26-21(29)15-7-3-4-8-16(15)22(26)30/h3-10,13-14H,11-12H2,1-2H3,(H,24,27)/t13-,14+/m0/s1. The Morgan fingerprint density at radius 2 is 1.62 bits per heavy atom. The Balaban J connectivity index is 1.46. The van der Waals surface area contributed by atoms with Gasteiger partial charge in [0.05, 0.1) is 22.5 Å². The minimum absolute atomic E-state index is 0.0831. The second kappa shape index (κ2) is 8.26. The number of rotatable bonds is 4. The number of ether oxygens (including phenoxy) is 1. The summed E-state index contributed by atoms with van der Waals surface area (Å²) in [6.07, 6.45) is 0.0831. The molecule has 2 aromatic carbocycles. The number of anilines is 2. The number of hydrogen-bond donors (Lipinski definition) is 1. The van der Waals surface area contributed by atoms with Gasteiger partial charge in [0.25, 0.3) is 17.7 Å². The fourth-order valence-electron chi connectivity index (χ4n) is 3.96. The van der Waals surface area contributed by atoms with Gasteiger partial charge in [0.2, 0.25) is 5.91 Å². The number of benzene rings is 2. The van der Waals surface area contributed by atoms with Crippen molar-refractivity contribution < 1.29 is 28.7 Å². The van der Waals surface area contributed by atoms with Gasteiger partial charge in [-0.3, -0.25) is 24.1 Å². The lowest BCUT2D eigenvalue weighted by molar-refractivity contribution is -0.151.